The van der Waals surface area contributed by atoms with E-state index in [0.29, 0.717) is 29.1 Å². The highest BCUT2D eigenvalue weighted by Gasteiger charge is 2.21. The smallest absolute Gasteiger partial charge is 0.326 e. The molecule has 0 amide bonds. The lowest BCUT2D eigenvalue weighted by Gasteiger charge is -2.19. The molecule has 122 valence electrons. The molecule has 1 atom stereocenters. The number of phenols is 2. The molecule has 1 aromatic heterocycles. The van der Waals surface area contributed by atoms with E-state index in [-0.39, 0.29) is 17.2 Å². The molecule has 0 fully saturated rings. The molecule has 0 unspecified atom stereocenters. The number of aromatic nitrogens is 2. The van der Waals surface area contributed by atoms with E-state index in [1.54, 1.807) is 24.6 Å². The van der Waals surface area contributed by atoms with E-state index in [1.807, 2.05) is 6.92 Å². The van der Waals surface area contributed by atoms with Crippen molar-refractivity contribution in [3.63, 3.8) is 0 Å². The molecule has 23 heavy (non-hydrogen) atoms. The van der Waals surface area contributed by atoms with Gasteiger partial charge in [0.15, 0.2) is 0 Å². The number of phenolic OH excluding ortho intramolecular Hbond substituents is 2. The number of benzene rings is 1. The quantitative estimate of drug-likeness (QED) is 0.585. The van der Waals surface area contributed by atoms with Crippen LogP contribution in [0.15, 0.2) is 40.3 Å². The molecule has 0 saturated carbocycles. The van der Waals surface area contributed by atoms with Gasteiger partial charge in [-0.15, -0.1) is 0 Å². The first-order chi connectivity index (χ1) is 10.8. The van der Waals surface area contributed by atoms with Gasteiger partial charge in [0.05, 0.1) is 18.0 Å². The molecule has 6 nitrogen and oxygen atoms in total. The summed E-state index contributed by atoms with van der Waals surface area (Å²) in [6.07, 6.45) is 2.14. The summed E-state index contributed by atoms with van der Waals surface area (Å²) in [4.78, 5) is 19.2. The van der Waals surface area contributed by atoms with E-state index < -0.39 is 6.04 Å². The lowest BCUT2D eigenvalue weighted by Crippen LogP contribution is -2.24. The highest BCUT2D eigenvalue weighted by molar-refractivity contribution is 5.79. The van der Waals surface area contributed by atoms with Crippen molar-refractivity contribution >= 4 is 6.21 Å². The zero-order valence-electron chi connectivity index (χ0n) is 13.5. The molecule has 0 spiro atoms. The van der Waals surface area contributed by atoms with Crippen molar-refractivity contribution in [2.75, 3.05) is 0 Å². The highest BCUT2D eigenvalue weighted by Crippen LogP contribution is 2.32. The third-order valence-corrected chi connectivity index (χ3v) is 3.69. The maximum Gasteiger partial charge on any atom is 0.326 e. The summed E-state index contributed by atoms with van der Waals surface area (Å²) in [7, 11) is 0. The molecule has 0 bridgehead atoms. The van der Waals surface area contributed by atoms with Gasteiger partial charge >= 0.3 is 5.69 Å². The Bertz CT molecular complexity index is 815. The zero-order chi connectivity index (χ0) is 17.1. The van der Waals surface area contributed by atoms with E-state index in [9.17, 15) is 15.0 Å². The van der Waals surface area contributed by atoms with Crippen molar-refractivity contribution in [2.24, 2.45) is 4.99 Å². The van der Waals surface area contributed by atoms with Gasteiger partial charge in [-0.05, 0) is 38.5 Å². The minimum Gasteiger partial charge on any atom is -0.508 e. The first kappa shape index (κ1) is 16.6. The first-order valence-corrected chi connectivity index (χ1v) is 7.37. The Morgan fingerprint density at radius 1 is 1.48 bits per heavy atom. The maximum absolute atomic E-state index is 12.4. The lowest BCUT2D eigenvalue weighted by molar-refractivity contribution is 0.434. The van der Waals surface area contributed by atoms with E-state index in [0.717, 1.165) is 0 Å². The minimum absolute atomic E-state index is 0.0410. The molecule has 1 heterocycles. The Hall–Kier alpha value is -2.76. The third kappa shape index (κ3) is 3.36. The van der Waals surface area contributed by atoms with Crippen LogP contribution in [0, 0.1) is 6.92 Å². The molecule has 0 aliphatic carbocycles. The number of aliphatic imine (C=N–C) groups is 1. The summed E-state index contributed by atoms with van der Waals surface area (Å²) in [6, 6.07) is 3.91. The predicted octanol–water partition coefficient (Wildman–Crippen LogP) is 2.85. The van der Waals surface area contributed by atoms with Crippen LogP contribution >= 0.6 is 0 Å². The van der Waals surface area contributed by atoms with Crippen LogP contribution in [0.1, 0.15) is 43.3 Å². The summed E-state index contributed by atoms with van der Waals surface area (Å²) in [5.41, 5.74) is 2.14. The van der Waals surface area contributed by atoms with Crippen LogP contribution < -0.4 is 5.69 Å². The largest absolute Gasteiger partial charge is 0.508 e. The maximum atomic E-state index is 12.4. The van der Waals surface area contributed by atoms with Crippen molar-refractivity contribution in [1.82, 2.24) is 9.55 Å². The number of aromatic hydroxyl groups is 2. The predicted molar refractivity (Wildman–Crippen MR) is 90.4 cm³/mol. The first-order valence-electron chi connectivity index (χ1n) is 7.37. The Morgan fingerprint density at radius 3 is 2.78 bits per heavy atom. The highest BCUT2D eigenvalue weighted by atomic mass is 16.3. The summed E-state index contributed by atoms with van der Waals surface area (Å²) < 4.78 is 1.56. The second-order valence-corrected chi connectivity index (χ2v) is 5.46. The summed E-state index contributed by atoms with van der Waals surface area (Å²) in [5, 5.41) is 19.8. The molecule has 2 aromatic rings. The van der Waals surface area contributed by atoms with Crippen molar-refractivity contribution in [2.45, 2.75) is 33.2 Å². The molecule has 3 N–H and O–H groups in total. The second-order valence-electron chi connectivity index (χ2n) is 5.46. The van der Waals surface area contributed by atoms with Gasteiger partial charge in [-0.2, -0.15) is 0 Å². The number of allylic oxidation sites excluding steroid dienone is 1. The average Bonchev–Trinajstić information content (AvgIpc) is 2.77. The molecular formula is C17H21N3O3. The Balaban J connectivity index is 2.57. The fraction of sp³-hybridized carbons (Fsp3) is 0.294. The topological polar surface area (TPSA) is 90.6 Å². The van der Waals surface area contributed by atoms with Gasteiger partial charge in [-0.3, -0.25) is 9.56 Å². The number of nitrogens with zero attached hydrogens (tertiary/aromatic N) is 2. The van der Waals surface area contributed by atoms with Gasteiger partial charge in [0.2, 0.25) is 0 Å². The standard InChI is InChI=1S/C17H21N3O3/c1-5-15(13-8-12(21)6-7-16(13)22)20-11(4)14(19-17(20)23)9-18-10(2)3/h6-9,15,21-22H,2,5H2,1,3-4H3,(H,19,23)/t15-/m1/s1. The average molecular weight is 315 g/mol. The van der Waals surface area contributed by atoms with Gasteiger partial charge < -0.3 is 15.2 Å². The van der Waals surface area contributed by atoms with Crippen LogP contribution in [0.4, 0.5) is 0 Å². The fourth-order valence-electron chi connectivity index (χ4n) is 2.57. The summed E-state index contributed by atoms with van der Waals surface area (Å²) in [5.74, 6) is 0.0841. The third-order valence-electron chi connectivity index (χ3n) is 3.69. The molecule has 6 heteroatoms. The Morgan fingerprint density at radius 2 is 2.17 bits per heavy atom. The number of H-pyrrole nitrogens is 1. The van der Waals surface area contributed by atoms with Crippen molar-refractivity contribution in [3.05, 3.63) is 57.9 Å². The monoisotopic (exact) mass is 315 g/mol. The van der Waals surface area contributed by atoms with Crippen molar-refractivity contribution < 1.29 is 10.2 Å². The van der Waals surface area contributed by atoms with Crippen molar-refractivity contribution in [1.29, 1.82) is 0 Å². The number of hydrogen-bond acceptors (Lipinski definition) is 4. The van der Waals surface area contributed by atoms with E-state index in [1.165, 1.54) is 18.2 Å². The molecule has 0 aliphatic heterocycles. The number of aromatic amines is 1. The minimum atomic E-state index is -0.391. The van der Waals surface area contributed by atoms with Crippen LogP contribution in [0.3, 0.4) is 0 Å². The Kier molecular flexibility index (Phi) is 4.74. The van der Waals surface area contributed by atoms with Gasteiger partial charge in [0.25, 0.3) is 0 Å². The second kappa shape index (κ2) is 6.56. The zero-order valence-corrected chi connectivity index (χ0v) is 13.5. The Labute approximate surface area is 134 Å². The van der Waals surface area contributed by atoms with E-state index >= 15 is 0 Å². The number of nitrogens with one attached hydrogen (secondary N) is 1. The van der Waals surface area contributed by atoms with Crippen LogP contribution in [-0.2, 0) is 0 Å². The number of rotatable bonds is 5. The molecule has 0 aliphatic rings. The lowest BCUT2D eigenvalue weighted by atomic mass is 10.0. The number of imidazole rings is 1. The normalized spacial score (nSPS) is 12.7. The van der Waals surface area contributed by atoms with Crippen LogP contribution in [0.25, 0.3) is 0 Å². The molecule has 1 aromatic carbocycles. The van der Waals surface area contributed by atoms with Crippen LogP contribution in [0.5, 0.6) is 11.5 Å². The summed E-state index contributed by atoms with van der Waals surface area (Å²) in [6.45, 7) is 9.17. The van der Waals surface area contributed by atoms with Gasteiger partial charge in [0.1, 0.15) is 11.5 Å². The van der Waals surface area contributed by atoms with E-state index in [2.05, 4.69) is 16.6 Å². The summed E-state index contributed by atoms with van der Waals surface area (Å²) >= 11 is 0. The van der Waals surface area contributed by atoms with Gasteiger partial charge in [-0.1, -0.05) is 13.5 Å². The van der Waals surface area contributed by atoms with Crippen LogP contribution in [-0.4, -0.2) is 26.0 Å². The number of hydrogen-bond donors (Lipinski definition) is 3. The molecule has 2 rings (SSSR count). The molecular weight excluding hydrogens is 294 g/mol. The van der Waals surface area contributed by atoms with Gasteiger partial charge in [-0.25, -0.2) is 4.79 Å². The van der Waals surface area contributed by atoms with Crippen LogP contribution in [0.2, 0.25) is 0 Å². The SMILES string of the molecule is C=C(C)N=Cc1[nH]c(=O)n([C@H](CC)c2cc(O)ccc2O)c1C. The van der Waals surface area contributed by atoms with Crippen molar-refractivity contribution in [3.8, 4) is 11.5 Å². The van der Waals surface area contributed by atoms with Gasteiger partial charge in [0, 0.05) is 17.0 Å². The molecule has 0 radical (unpaired) electrons. The van der Waals surface area contributed by atoms with E-state index in [4.69, 9.17) is 0 Å². The molecule has 0 saturated heterocycles. The fourth-order valence-corrected chi connectivity index (χ4v) is 2.57.